The van der Waals surface area contributed by atoms with Crippen molar-refractivity contribution in [2.75, 3.05) is 32.1 Å². The Bertz CT molecular complexity index is 2250. The molecule has 4 aromatic rings. The first-order chi connectivity index (χ1) is 27.2. The maximum atomic E-state index is 16.5. The van der Waals surface area contributed by atoms with Gasteiger partial charge in [-0.25, -0.2) is 42.8 Å². The summed E-state index contributed by atoms with van der Waals surface area (Å²) in [5.41, 5.74) is 10.5. The maximum absolute atomic E-state index is 16.5. The number of hydrogen-bond donors (Lipinski definition) is 3. The van der Waals surface area contributed by atoms with Gasteiger partial charge in [0.25, 0.3) is 5.56 Å². The molecule has 7 heterocycles. The molecule has 3 fully saturated rings. The molecule has 2 unspecified atom stereocenters. The number of rotatable bonds is 11. The van der Waals surface area contributed by atoms with E-state index in [2.05, 4.69) is 24.9 Å². The largest absolute Gasteiger partial charge is 0.475 e. The molecule has 10 atom stereocenters. The maximum Gasteiger partial charge on any atom is 0.475 e. The van der Waals surface area contributed by atoms with E-state index < -0.39 is 102 Å². The Labute approximate surface area is 321 Å². The van der Waals surface area contributed by atoms with Gasteiger partial charge < -0.3 is 30.6 Å². The third-order valence-electron chi connectivity index (χ3n) is 9.24. The van der Waals surface area contributed by atoms with Gasteiger partial charge in [-0.05, 0) is 25.8 Å². The number of imidazole rings is 2. The lowest BCUT2D eigenvalue weighted by Gasteiger charge is -2.29. The summed E-state index contributed by atoms with van der Waals surface area (Å²) in [6, 6.07) is 0. The Morgan fingerprint density at radius 3 is 2.21 bits per heavy atom. The van der Waals surface area contributed by atoms with Gasteiger partial charge in [-0.1, -0.05) is 13.8 Å². The Morgan fingerprint density at radius 1 is 0.912 bits per heavy atom. The second kappa shape index (κ2) is 16.8. The van der Waals surface area contributed by atoms with Crippen molar-refractivity contribution in [2.45, 2.75) is 89.1 Å². The summed E-state index contributed by atoms with van der Waals surface area (Å²) in [6.07, 6.45) is -8.73. The molecule has 0 amide bonds. The first kappa shape index (κ1) is 41.3. The van der Waals surface area contributed by atoms with Crippen LogP contribution in [0.15, 0.2) is 30.1 Å². The molecular weight excluding hydrogens is 808 g/mol. The molecule has 3 saturated heterocycles. The number of carbonyl (C=O) groups excluding carboxylic acids is 1. The van der Waals surface area contributed by atoms with Crippen LogP contribution in [0.3, 0.4) is 0 Å². The van der Waals surface area contributed by atoms with Crippen molar-refractivity contribution < 1.29 is 64.4 Å². The number of nitrogen functional groups attached to an aromatic ring is 1. The predicted octanol–water partition coefficient (Wildman–Crippen LogP) is 1.81. The van der Waals surface area contributed by atoms with Gasteiger partial charge in [0.1, 0.15) is 42.6 Å². The minimum atomic E-state index is -5.23. The van der Waals surface area contributed by atoms with Crippen LogP contribution in [-0.4, -0.2) is 113 Å². The fourth-order valence-electron chi connectivity index (χ4n) is 6.30. The van der Waals surface area contributed by atoms with E-state index in [0.717, 1.165) is 28.1 Å². The number of fused-ring (bicyclic) bond motifs is 4. The zero-order chi connectivity index (χ0) is 40.6. The summed E-state index contributed by atoms with van der Waals surface area (Å²) in [7, 11) is -10.0. The lowest BCUT2D eigenvalue weighted by molar-refractivity contribution is -0.151. The molecular formula is C30H40F2N10O13P2. The quantitative estimate of drug-likeness (QED) is 0.110. The zero-order valence-corrected chi connectivity index (χ0v) is 32.2. The lowest BCUT2D eigenvalue weighted by Crippen LogP contribution is -2.37. The second-order valence-corrected chi connectivity index (χ2v) is 16.6. The van der Waals surface area contributed by atoms with E-state index in [1.165, 1.54) is 10.9 Å². The number of halogens is 2. The number of alkyl halides is 2. The lowest BCUT2D eigenvalue weighted by atomic mass is 10.1. The number of hydrogen-bond acceptors (Lipinski definition) is 19. The highest BCUT2D eigenvalue weighted by atomic mass is 31.2. The molecule has 0 radical (unpaired) electrons. The van der Waals surface area contributed by atoms with E-state index in [-0.39, 0.29) is 34.8 Å². The molecule has 0 bridgehead atoms. The minimum Gasteiger partial charge on any atom is -0.444 e. The average Bonchev–Trinajstić information content (AvgIpc) is 3.94. The topological polar surface area (TPSA) is 294 Å². The van der Waals surface area contributed by atoms with Crippen LogP contribution >= 0.6 is 15.6 Å². The number of nitrogens with two attached hydrogens (primary N) is 2. The van der Waals surface area contributed by atoms with Gasteiger partial charge in [0.15, 0.2) is 54.2 Å². The predicted molar refractivity (Wildman–Crippen MR) is 188 cm³/mol. The highest BCUT2D eigenvalue weighted by Gasteiger charge is 2.55. The van der Waals surface area contributed by atoms with Crippen LogP contribution in [0.1, 0.15) is 45.6 Å². The monoisotopic (exact) mass is 848 g/mol. The SMILES string of the molecule is CC(C)C(=O)OCn1cnc2c(ncn2[C@@H]2O[C@@H]3COP(=O)(OCCCCCN)O[C@H]4[C@@H](F)[C@H](n5cnc6c(N)ncnc65)O[C@@H]4COP(=O)(O)O[C@H]3[C@H]2F)c1=O. The van der Waals surface area contributed by atoms with Gasteiger partial charge in [-0.15, -0.1) is 0 Å². The molecule has 3 aliphatic rings. The molecule has 312 valence electrons. The molecule has 5 N–H and O–H groups in total. The summed E-state index contributed by atoms with van der Waals surface area (Å²) in [6.45, 7) is 1.22. The van der Waals surface area contributed by atoms with E-state index in [1.54, 1.807) is 13.8 Å². The first-order valence-electron chi connectivity index (χ1n) is 17.7. The van der Waals surface area contributed by atoms with Crippen LogP contribution in [0, 0.1) is 5.92 Å². The second-order valence-electron chi connectivity index (χ2n) is 13.5. The molecule has 57 heavy (non-hydrogen) atoms. The third-order valence-corrected chi connectivity index (χ3v) is 11.7. The smallest absolute Gasteiger partial charge is 0.444 e. The van der Waals surface area contributed by atoms with Crippen molar-refractivity contribution >= 4 is 49.8 Å². The van der Waals surface area contributed by atoms with Crippen molar-refractivity contribution in [3.63, 3.8) is 0 Å². The van der Waals surface area contributed by atoms with Crippen LogP contribution in [0.5, 0.6) is 0 Å². The Balaban J connectivity index is 1.16. The summed E-state index contributed by atoms with van der Waals surface area (Å²) < 4.78 is 108. The number of anilines is 1. The van der Waals surface area contributed by atoms with E-state index >= 15 is 8.78 Å². The number of phosphoric ester groups is 2. The minimum absolute atomic E-state index is 0.000791. The number of esters is 1. The molecule has 23 nitrogen and oxygen atoms in total. The standard InChI is InChI=1S/C30H40F2N10O13P2/c1-15(2)30(44)48-14-40-11-39-26-21(27(40)43)38-13-42(26)28-18(31)22-17(53-28)9-51-57(47,49-7-5-3-4-6-33)55-23-16(8-50-56(45,46)54-22)52-29(19(23)32)41-12-37-20-24(34)35-10-36-25(20)41/h10-13,15-19,22-23,28-29H,3-9,14,33H2,1-2H3,(H,45,46)(H2,34,35,36)/t16-,17-,18-,19-,22-,23-,28-,29-,57?/m1/s1. The van der Waals surface area contributed by atoms with Gasteiger partial charge in [-0.2, -0.15) is 0 Å². The first-order valence-corrected chi connectivity index (χ1v) is 20.7. The normalized spacial score (nSPS) is 32.3. The van der Waals surface area contributed by atoms with Crippen molar-refractivity contribution in [3.8, 4) is 0 Å². The van der Waals surface area contributed by atoms with Crippen LogP contribution in [0.25, 0.3) is 22.3 Å². The Kier molecular flexibility index (Phi) is 12.2. The van der Waals surface area contributed by atoms with Crippen molar-refractivity contribution in [3.05, 3.63) is 35.7 Å². The molecule has 4 aromatic heterocycles. The van der Waals surface area contributed by atoms with Crippen molar-refractivity contribution in [1.29, 1.82) is 0 Å². The Hall–Kier alpha value is -3.87. The van der Waals surface area contributed by atoms with Crippen LogP contribution in [0.2, 0.25) is 0 Å². The van der Waals surface area contributed by atoms with Gasteiger partial charge in [0, 0.05) is 0 Å². The Morgan fingerprint density at radius 2 is 1.54 bits per heavy atom. The van der Waals surface area contributed by atoms with Gasteiger partial charge in [0.05, 0.1) is 38.4 Å². The van der Waals surface area contributed by atoms with Crippen molar-refractivity contribution in [2.24, 2.45) is 11.7 Å². The van der Waals surface area contributed by atoms with E-state index in [9.17, 15) is 23.6 Å². The summed E-state index contributed by atoms with van der Waals surface area (Å²) >= 11 is 0. The zero-order valence-electron chi connectivity index (χ0n) is 30.4. The fourth-order valence-corrected chi connectivity index (χ4v) is 8.68. The molecule has 0 saturated carbocycles. The third kappa shape index (κ3) is 8.50. The molecule has 0 spiro atoms. The van der Waals surface area contributed by atoms with Gasteiger partial charge in [0.2, 0.25) is 0 Å². The van der Waals surface area contributed by atoms with Gasteiger partial charge >= 0.3 is 21.6 Å². The molecule has 0 aliphatic carbocycles. The van der Waals surface area contributed by atoms with Crippen LogP contribution in [-0.2, 0) is 57.5 Å². The molecule has 3 aliphatic heterocycles. The average molecular weight is 849 g/mol. The highest BCUT2D eigenvalue weighted by Crippen LogP contribution is 2.57. The molecule has 7 rings (SSSR count). The van der Waals surface area contributed by atoms with Gasteiger partial charge in [-0.3, -0.25) is 45.9 Å². The molecule has 0 aromatic carbocycles. The van der Waals surface area contributed by atoms with Crippen molar-refractivity contribution in [1.82, 2.24) is 38.6 Å². The number of ether oxygens (including phenoxy) is 3. The summed E-state index contributed by atoms with van der Waals surface area (Å²) in [4.78, 5) is 56.2. The summed E-state index contributed by atoms with van der Waals surface area (Å²) in [5.74, 6) is -1.02. The highest BCUT2D eigenvalue weighted by molar-refractivity contribution is 7.48. The number of carbonyl (C=O) groups is 1. The fraction of sp³-hybridized carbons (Fsp3) is 0.633. The number of phosphoric acid groups is 2. The van der Waals surface area contributed by atoms with E-state index in [1.807, 2.05) is 0 Å². The number of nitrogens with zero attached hydrogens (tertiary/aromatic N) is 8. The number of aromatic nitrogens is 8. The molecule has 27 heteroatoms. The summed E-state index contributed by atoms with van der Waals surface area (Å²) in [5, 5.41) is 0. The van der Waals surface area contributed by atoms with E-state index in [0.29, 0.717) is 25.8 Å². The van der Waals surface area contributed by atoms with Crippen LogP contribution < -0.4 is 17.0 Å². The number of unbranched alkanes of at least 4 members (excludes halogenated alkanes) is 2. The van der Waals surface area contributed by atoms with Crippen LogP contribution in [0.4, 0.5) is 14.6 Å². The van der Waals surface area contributed by atoms with E-state index in [4.69, 9.17) is 48.3 Å².